The van der Waals surface area contributed by atoms with Gasteiger partial charge in [0.15, 0.2) is 0 Å². The number of benzene rings is 9. The Balaban J connectivity index is 0.886. The summed E-state index contributed by atoms with van der Waals surface area (Å²) in [5, 5.41) is 0. The molecule has 12 aromatic rings. The van der Waals surface area contributed by atoms with Gasteiger partial charge in [-0.15, -0.1) is 0 Å². The van der Waals surface area contributed by atoms with E-state index in [-0.39, 0.29) is 11.8 Å². The predicted octanol–water partition coefficient (Wildman–Crippen LogP) is 19.5. The second kappa shape index (κ2) is 19.2. The van der Waals surface area contributed by atoms with E-state index < -0.39 is 0 Å². The van der Waals surface area contributed by atoms with Crippen LogP contribution in [0.1, 0.15) is 62.4 Å². The van der Waals surface area contributed by atoms with Gasteiger partial charge in [0.05, 0.1) is 22.8 Å². The van der Waals surface area contributed by atoms with Crippen molar-refractivity contribution < 1.29 is 0 Å². The third-order valence-corrected chi connectivity index (χ3v) is 16.9. The molecule has 3 aromatic heterocycles. The van der Waals surface area contributed by atoms with Crippen molar-refractivity contribution in [3.8, 4) is 77.9 Å². The van der Waals surface area contributed by atoms with Crippen LogP contribution >= 0.6 is 0 Å². The van der Waals surface area contributed by atoms with E-state index >= 15 is 0 Å². The maximum atomic E-state index is 5.60. The maximum absolute atomic E-state index is 5.60. The number of hydrogen-bond donors (Lipinski definition) is 2. The van der Waals surface area contributed by atoms with E-state index in [2.05, 4.69) is 295 Å². The smallest absolute Gasteiger partial charge is 0.0737 e. The lowest BCUT2D eigenvalue weighted by atomic mass is 9.69. The van der Waals surface area contributed by atoms with Gasteiger partial charge in [-0.1, -0.05) is 237 Å². The molecule has 0 unspecified atom stereocenters. The van der Waals surface area contributed by atoms with Gasteiger partial charge in [-0.25, -0.2) is 9.97 Å². The third-order valence-electron chi connectivity index (χ3n) is 16.9. The summed E-state index contributed by atoms with van der Waals surface area (Å²) >= 11 is 0. The first kappa shape index (κ1) is 46.7. The Hall–Kier alpha value is -10.4. The van der Waals surface area contributed by atoms with Crippen LogP contribution in [-0.4, -0.2) is 19.9 Å². The summed E-state index contributed by atoms with van der Waals surface area (Å²) in [5.41, 5.74) is 30.1. The lowest BCUT2D eigenvalue weighted by Gasteiger charge is -2.32. The van der Waals surface area contributed by atoms with Gasteiger partial charge < -0.3 is 9.97 Å². The van der Waals surface area contributed by atoms with Gasteiger partial charge in [0.2, 0.25) is 0 Å². The minimum Gasteiger partial charge on any atom is -0.354 e. The Morgan fingerprint density at radius 2 is 0.556 bits per heavy atom. The topological polar surface area (TPSA) is 57.4 Å². The zero-order chi connectivity index (χ0) is 53.4. The van der Waals surface area contributed by atoms with Crippen molar-refractivity contribution in [2.75, 3.05) is 0 Å². The zero-order valence-corrected chi connectivity index (χ0v) is 44.2. The fourth-order valence-corrected chi connectivity index (χ4v) is 13.4. The summed E-state index contributed by atoms with van der Waals surface area (Å²) in [6.07, 6.45) is 8.66. The van der Waals surface area contributed by atoms with Gasteiger partial charge >= 0.3 is 0 Å². The predicted molar refractivity (Wildman–Crippen MR) is 336 cm³/mol. The molecule has 2 aliphatic carbocycles. The summed E-state index contributed by atoms with van der Waals surface area (Å²) in [4.78, 5) is 18.9. The molecule has 0 amide bonds. The highest BCUT2D eigenvalue weighted by atomic mass is 14.8. The lowest BCUT2D eigenvalue weighted by Crippen LogP contribution is -2.20. The Labute approximate surface area is 470 Å². The summed E-state index contributed by atoms with van der Waals surface area (Å²) < 4.78 is 0. The normalized spacial score (nSPS) is 13.1. The van der Waals surface area contributed by atoms with Crippen LogP contribution in [0.5, 0.6) is 0 Å². The largest absolute Gasteiger partial charge is 0.354 e. The molecule has 0 saturated heterocycles. The number of nitrogens with one attached hydrogen (secondary N) is 2. The van der Waals surface area contributed by atoms with Crippen LogP contribution < -0.4 is 0 Å². The molecular formula is C77H51N4. The SMILES string of the molecule is C1=Cc2nc1c(-c1ccccc1)c1ccc([nH]1)c(-c1ccccc1)c1nc(c(-c3ccc(-c4cccc([C](C5c6ccccc6-c6ccccc65)C5c6ccccc6-c6ccccc65)c4)cc3)c3ccc([nH]3)c2-c2ccccc2)C=C1. The number of rotatable bonds is 8. The van der Waals surface area contributed by atoms with Crippen molar-refractivity contribution >= 4 is 46.4 Å². The Kier molecular flexibility index (Phi) is 11.1. The first-order valence-corrected chi connectivity index (χ1v) is 28.0. The standard InChI is InChI=1S/C77H51N4/c1-4-19-49(20-5-1)71-63-39-41-65(78-63)72(50-21-6-2-7-22-50)67-43-45-69(80-67)74(70-46-44-68(81-70)73(51-23-8-3-9-24-51)66-42-40-64(71)79-66)52-37-35-48(36-38-52)53-25-18-26-54(47-53)75(76-59-31-14-10-27-55(59)56-28-11-15-32-60(56)76)77-61-33-16-12-29-57(61)58-30-13-17-34-62(58)77/h1-47,76-78,81H. The van der Waals surface area contributed by atoms with Gasteiger partial charge in [-0.3, -0.25) is 0 Å². The van der Waals surface area contributed by atoms with Crippen LogP contribution in [0.2, 0.25) is 0 Å². The Morgan fingerprint density at radius 3 is 0.914 bits per heavy atom. The fourth-order valence-electron chi connectivity index (χ4n) is 13.4. The van der Waals surface area contributed by atoms with Crippen molar-refractivity contribution in [1.82, 2.24) is 19.9 Å². The highest BCUT2D eigenvalue weighted by molar-refractivity contribution is 6.00. The van der Waals surface area contributed by atoms with Gasteiger partial charge in [0.25, 0.3) is 0 Å². The molecule has 0 fully saturated rings. The molecule has 2 N–H and O–H groups in total. The molecule has 5 heterocycles. The molecule has 0 saturated carbocycles. The van der Waals surface area contributed by atoms with Gasteiger partial charge in [0.1, 0.15) is 0 Å². The van der Waals surface area contributed by atoms with Crippen molar-refractivity contribution in [1.29, 1.82) is 0 Å². The zero-order valence-electron chi connectivity index (χ0n) is 44.2. The fraction of sp³-hybridized carbons (Fsp3) is 0.0260. The average molecular weight is 1030 g/mol. The van der Waals surface area contributed by atoms with E-state index in [4.69, 9.17) is 9.97 Å². The van der Waals surface area contributed by atoms with Gasteiger partial charge in [0, 0.05) is 62.1 Å². The van der Waals surface area contributed by atoms with Crippen LogP contribution in [0.3, 0.4) is 0 Å². The number of H-pyrrole nitrogens is 2. The van der Waals surface area contributed by atoms with Crippen molar-refractivity contribution in [3.05, 3.63) is 317 Å². The number of aromatic nitrogens is 4. The highest BCUT2D eigenvalue weighted by Crippen LogP contribution is 2.60. The monoisotopic (exact) mass is 1030 g/mol. The quantitative estimate of drug-likeness (QED) is 0.159. The molecule has 9 aromatic carbocycles. The van der Waals surface area contributed by atoms with Gasteiger partial charge in [-0.05, 0) is 132 Å². The Bertz CT molecular complexity index is 4470. The van der Waals surface area contributed by atoms with E-state index in [0.717, 1.165) is 94.9 Å². The first-order valence-electron chi connectivity index (χ1n) is 28.0. The van der Waals surface area contributed by atoms with Crippen LogP contribution in [0, 0.1) is 5.92 Å². The van der Waals surface area contributed by atoms with Crippen LogP contribution in [-0.2, 0) is 0 Å². The number of aromatic amines is 2. The summed E-state index contributed by atoms with van der Waals surface area (Å²) in [6.45, 7) is 0. The molecule has 0 atom stereocenters. The highest BCUT2D eigenvalue weighted by Gasteiger charge is 2.44. The van der Waals surface area contributed by atoms with Crippen LogP contribution in [0.25, 0.3) is 124 Å². The van der Waals surface area contributed by atoms with Crippen molar-refractivity contribution in [3.63, 3.8) is 0 Å². The number of hydrogen-bond acceptors (Lipinski definition) is 2. The molecular weight excluding hydrogens is 981 g/mol. The van der Waals surface area contributed by atoms with E-state index in [1.807, 2.05) is 0 Å². The third kappa shape index (κ3) is 7.82. The van der Waals surface area contributed by atoms with E-state index in [9.17, 15) is 0 Å². The van der Waals surface area contributed by atoms with E-state index in [1.165, 1.54) is 61.6 Å². The second-order valence-electron chi connectivity index (χ2n) is 21.4. The Morgan fingerprint density at radius 1 is 0.259 bits per heavy atom. The van der Waals surface area contributed by atoms with E-state index in [0.29, 0.717) is 0 Å². The first-order chi connectivity index (χ1) is 40.2. The lowest BCUT2D eigenvalue weighted by molar-refractivity contribution is 0.740. The maximum Gasteiger partial charge on any atom is 0.0737 e. The van der Waals surface area contributed by atoms with Crippen molar-refractivity contribution in [2.24, 2.45) is 0 Å². The molecule has 81 heavy (non-hydrogen) atoms. The molecule has 16 rings (SSSR count). The molecule has 4 aliphatic rings. The molecule has 8 bridgehead atoms. The molecule has 4 nitrogen and oxygen atoms in total. The van der Waals surface area contributed by atoms with E-state index in [1.54, 1.807) is 0 Å². The minimum atomic E-state index is 0.0623. The average Bonchev–Trinajstić information content (AvgIpc) is 3.92. The summed E-state index contributed by atoms with van der Waals surface area (Å²) in [7, 11) is 0. The van der Waals surface area contributed by atoms with Crippen LogP contribution in [0.15, 0.2) is 261 Å². The minimum absolute atomic E-state index is 0.0623. The van der Waals surface area contributed by atoms with Crippen LogP contribution in [0.4, 0.5) is 0 Å². The number of nitrogens with zero attached hydrogens (tertiary/aromatic N) is 2. The van der Waals surface area contributed by atoms with Crippen molar-refractivity contribution in [2.45, 2.75) is 11.8 Å². The molecule has 379 valence electrons. The summed E-state index contributed by atoms with van der Waals surface area (Å²) in [5.74, 6) is 1.53. The second-order valence-corrected chi connectivity index (χ2v) is 21.4. The molecule has 2 aliphatic heterocycles. The molecule has 4 heteroatoms. The number of fused-ring (bicyclic) bond motifs is 14. The summed E-state index contributed by atoms with van der Waals surface area (Å²) in [6, 6.07) is 95.2. The molecule has 0 spiro atoms. The van der Waals surface area contributed by atoms with Gasteiger partial charge in [-0.2, -0.15) is 0 Å². The molecule has 1 radical (unpaired) electrons.